The summed E-state index contributed by atoms with van der Waals surface area (Å²) in [6.45, 7) is 0.271. The van der Waals surface area contributed by atoms with Gasteiger partial charge in [-0.15, -0.1) is 0 Å². The Kier molecular flexibility index (Phi) is 5.35. The number of carbonyl (C=O) groups is 1. The highest BCUT2D eigenvalue weighted by atomic mass is 16.2. The van der Waals surface area contributed by atoms with Crippen LogP contribution in [0.4, 0.5) is 0 Å². The van der Waals surface area contributed by atoms with Crippen molar-refractivity contribution in [1.82, 2.24) is 9.88 Å². The highest BCUT2D eigenvalue weighted by Crippen LogP contribution is 2.17. The number of aromatic nitrogens is 1. The highest BCUT2D eigenvalue weighted by Gasteiger charge is 2.15. The number of hydrogen-bond acceptors (Lipinski definition) is 3. The van der Waals surface area contributed by atoms with Gasteiger partial charge in [-0.25, -0.2) is 0 Å². The van der Waals surface area contributed by atoms with Crippen molar-refractivity contribution >= 4 is 5.91 Å². The summed E-state index contributed by atoms with van der Waals surface area (Å²) < 4.78 is 1.42. The maximum Gasteiger partial charge on any atom is 0.255 e. The van der Waals surface area contributed by atoms with Gasteiger partial charge in [0.2, 0.25) is 5.91 Å². The Morgan fingerprint density at radius 2 is 2.00 bits per heavy atom. The fraction of sp³-hybridized carbons (Fsp3) is 0.600. The molecule has 1 aliphatic rings. The molecule has 2 rings (SSSR count). The second kappa shape index (κ2) is 7.24. The first-order valence-electron chi connectivity index (χ1n) is 7.38. The third-order valence-corrected chi connectivity index (χ3v) is 3.85. The lowest BCUT2D eigenvalue weighted by Crippen LogP contribution is -2.39. The number of amides is 1. The van der Waals surface area contributed by atoms with E-state index in [0.29, 0.717) is 5.56 Å². The summed E-state index contributed by atoms with van der Waals surface area (Å²) in [5.41, 5.74) is 5.87. The van der Waals surface area contributed by atoms with Crippen molar-refractivity contribution in [3.05, 3.63) is 34.2 Å². The zero-order chi connectivity index (χ0) is 14.4. The van der Waals surface area contributed by atoms with E-state index in [1.807, 2.05) is 0 Å². The number of rotatable bonds is 4. The van der Waals surface area contributed by atoms with Crippen molar-refractivity contribution in [2.24, 2.45) is 5.73 Å². The van der Waals surface area contributed by atoms with Crippen molar-refractivity contribution in [3.63, 3.8) is 0 Å². The quantitative estimate of drug-likeness (QED) is 0.810. The Labute approximate surface area is 119 Å². The van der Waals surface area contributed by atoms with Crippen molar-refractivity contribution in [3.8, 4) is 0 Å². The molecule has 1 fully saturated rings. The Bertz CT molecular complexity index is 502. The first-order chi connectivity index (χ1) is 9.70. The Hall–Kier alpha value is -1.62. The predicted octanol–water partition coefficient (Wildman–Crippen LogP) is 1.15. The van der Waals surface area contributed by atoms with Gasteiger partial charge in [-0.2, -0.15) is 0 Å². The Morgan fingerprint density at radius 1 is 1.30 bits per heavy atom. The van der Waals surface area contributed by atoms with Crippen LogP contribution in [0.3, 0.4) is 0 Å². The standard InChI is InChI=1S/C15H23N3O2/c16-10-12-6-5-9-18(15(12)20)11-14(19)17-13-7-3-1-2-4-8-13/h5-6,9,13H,1-4,7-8,10-11,16H2,(H,17,19). The summed E-state index contributed by atoms with van der Waals surface area (Å²) in [5.74, 6) is -0.0897. The van der Waals surface area contributed by atoms with Gasteiger partial charge in [-0.05, 0) is 18.9 Å². The summed E-state index contributed by atoms with van der Waals surface area (Å²) in [4.78, 5) is 24.0. The number of nitrogens with zero attached hydrogens (tertiary/aromatic N) is 1. The molecule has 1 saturated carbocycles. The van der Waals surface area contributed by atoms with E-state index in [9.17, 15) is 9.59 Å². The third-order valence-electron chi connectivity index (χ3n) is 3.85. The molecule has 1 heterocycles. The van der Waals surface area contributed by atoms with Crippen LogP contribution >= 0.6 is 0 Å². The second-order valence-corrected chi connectivity index (χ2v) is 5.43. The molecule has 0 saturated heterocycles. The summed E-state index contributed by atoms with van der Waals surface area (Å²) in [6.07, 6.45) is 8.58. The lowest BCUT2D eigenvalue weighted by Gasteiger charge is -2.16. The monoisotopic (exact) mass is 277 g/mol. The van der Waals surface area contributed by atoms with Gasteiger partial charge in [0, 0.05) is 24.3 Å². The molecule has 0 aliphatic heterocycles. The predicted molar refractivity (Wildman–Crippen MR) is 78.2 cm³/mol. The van der Waals surface area contributed by atoms with E-state index < -0.39 is 0 Å². The van der Waals surface area contributed by atoms with Gasteiger partial charge in [-0.3, -0.25) is 9.59 Å². The first-order valence-corrected chi connectivity index (χ1v) is 7.38. The van der Waals surface area contributed by atoms with Gasteiger partial charge < -0.3 is 15.6 Å². The summed E-state index contributed by atoms with van der Waals surface area (Å²) in [5, 5.41) is 3.04. The average molecular weight is 277 g/mol. The van der Waals surface area contributed by atoms with Gasteiger partial charge in [0.1, 0.15) is 6.54 Å². The fourth-order valence-electron chi connectivity index (χ4n) is 2.72. The molecule has 1 amide bonds. The molecule has 0 spiro atoms. The van der Waals surface area contributed by atoms with Crippen LogP contribution in [0.1, 0.15) is 44.1 Å². The van der Waals surface area contributed by atoms with Crippen molar-refractivity contribution in [1.29, 1.82) is 0 Å². The molecule has 0 atom stereocenters. The number of pyridine rings is 1. The minimum atomic E-state index is -0.175. The normalized spacial score (nSPS) is 16.6. The molecular formula is C15H23N3O2. The highest BCUT2D eigenvalue weighted by molar-refractivity contribution is 5.76. The molecule has 1 aliphatic carbocycles. The number of carbonyl (C=O) groups excluding carboxylic acids is 1. The van der Waals surface area contributed by atoms with Gasteiger partial charge in [0.15, 0.2) is 0 Å². The van der Waals surface area contributed by atoms with Crippen LogP contribution in [-0.4, -0.2) is 16.5 Å². The zero-order valence-corrected chi connectivity index (χ0v) is 11.8. The van der Waals surface area contributed by atoms with Crippen molar-refractivity contribution in [2.75, 3.05) is 0 Å². The van der Waals surface area contributed by atoms with E-state index >= 15 is 0 Å². The van der Waals surface area contributed by atoms with Crippen LogP contribution in [0, 0.1) is 0 Å². The molecule has 0 unspecified atom stereocenters. The summed E-state index contributed by atoms with van der Waals surface area (Å²) in [7, 11) is 0. The van der Waals surface area contributed by atoms with Crippen molar-refractivity contribution in [2.45, 2.75) is 57.7 Å². The molecule has 20 heavy (non-hydrogen) atoms. The van der Waals surface area contributed by atoms with E-state index in [2.05, 4.69) is 5.32 Å². The molecule has 1 aromatic rings. The van der Waals surface area contributed by atoms with Gasteiger partial charge in [0.25, 0.3) is 5.56 Å². The third kappa shape index (κ3) is 3.93. The van der Waals surface area contributed by atoms with Crippen LogP contribution in [-0.2, 0) is 17.9 Å². The molecule has 110 valence electrons. The van der Waals surface area contributed by atoms with E-state index in [4.69, 9.17) is 5.73 Å². The Balaban J connectivity index is 1.95. The summed E-state index contributed by atoms with van der Waals surface area (Å²) >= 11 is 0. The molecule has 0 bridgehead atoms. The minimum absolute atomic E-state index is 0.0726. The average Bonchev–Trinajstić information content (AvgIpc) is 2.70. The zero-order valence-electron chi connectivity index (χ0n) is 11.8. The van der Waals surface area contributed by atoms with E-state index in [1.165, 1.54) is 30.3 Å². The Morgan fingerprint density at radius 3 is 2.65 bits per heavy atom. The largest absolute Gasteiger partial charge is 0.352 e. The maximum atomic E-state index is 12.0. The topological polar surface area (TPSA) is 77.1 Å². The van der Waals surface area contributed by atoms with E-state index in [-0.39, 0.29) is 30.6 Å². The molecular weight excluding hydrogens is 254 g/mol. The minimum Gasteiger partial charge on any atom is -0.352 e. The number of nitrogens with one attached hydrogen (secondary N) is 1. The maximum absolute atomic E-state index is 12.0. The van der Waals surface area contributed by atoms with Crippen LogP contribution in [0.15, 0.2) is 23.1 Å². The lowest BCUT2D eigenvalue weighted by molar-refractivity contribution is -0.122. The molecule has 5 heteroatoms. The fourth-order valence-corrected chi connectivity index (χ4v) is 2.72. The van der Waals surface area contributed by atoms with Gasteiger partial charge in [0.05, 0.1) is 0 Å². The number of hydrogen-bond donors (Lipinski definition) is 2. The molecule has 5 nitrogen and oxygen atoms in total. The lowest BCUT2D eigenvalue weighted by atomic mass is 10.1. The molecule has 1 aromatic heterocycles. The SMILES string of the molecule is NCc1cccn(CC(=O)NC2CCCCCC2)c1=O. The second-order valence-electron chi connectivity index (χ2n) is 5.43. The van der Waals surface area contributed by atoms with Crippen LogP contribution in [0.25, 0.3) is 0 Å². The van der Waals surface area contributed by atoms with E-state index in [0.717, 1.165) is 12.8 Å². The van der Waals surface area contributed by atoms with Crippen molar-refractivity contribution < 1.29 is 4.79 Å². The van der Waals surface area contributed by atoms with Crippen LogP contribution in [0.2, 0.25) is 0 Å². The van der Waals surface area contributed by atoms with Gasteiger partial charge in [-0.1, -0.05) is 31.7 Å². The molecule has 0 radical (unpaired) electrons. The van der Waals surface area contributed by atoms with Gasteiger partial charge >= 0.3 is 0 Å². The molecule has 3 N–H and O–H groups in total. The van der Waals surface area contributed by atoms with Crippen LogP contribution in [0.5, 0.6) is 0 Å². The summed E-state index contributed by atoms with van der Waals surface area (Å²) in [6, 6.07) is 3.71. The smallest absolute Gasteiger partial charge is 0.255 e. The number of nitrogens with two attached hydrogens (primary N) is 1. The molecule has 0 aromatic carbocycles. The first kappa shape index (κ1) is 14.8. The van der Waals surface area contributed by atoms with Crippen LogP contribution < -0.4 is 16.6 Å². The van der Waals surface area contributed by atoms with E-state index in [1.54, 1.807) is 18.3 Å².